The van der Waals surface area contributed by atoms with Crippen molar-refractivity contribution in [3.63, 3.8) is 0 Å². The highest BCUT2D eigenvalue weighted by Gasteiger charge is 2.16. The number of hydrogen-bond acceptors (Lipinski definition) is 4. The Labute approximate surface area is 189 Å². The Morgan fingerprint density at radius 1 is 1.00 bits per heavy atom. The first kappa shape index (κ1) is 23.2. The standard InChI is InChI=1S/C25H32N2O3S/c1-30-22-13-7-5-11-20(22)15-16-26-25(29)21-12-6-8-14-23(21)31-18-24(28)27-17-19-9-3-2-4-10-19/h5-8,11-14,19H,2-4,9-10,15-18H2,1H3,(H,26,29)(H,27,28). The number of amides is 2. The second-order valence-electron chi connectivity index (χ2n) is 7.91. The van der Waals surface area contributed by atoms with E-state index in [1.165, 1.54) is 43.9 Å². The smallest absolute Gasteiger partial charge is 0.252 e. The van der Waals surface area contributed by atoms with Gasteiger partial charge in [-0.2, -0.15) is 0 Å². The number of thioether (sulfide) groups is 1. The van der Waals surface area contributed by atoms with Gasteiger partial charge in [-0.1, -0.05) is 49.6 Å². The summed E-state index contributed by atoms with van der Waals surface area (Å²) in [6, 6.07) is 15.3. The molecular formula is C25H32N2O3S. The molecular weight excluding hydrogens is 408 g/mol. The highest BCUT2D eigenvalue weighted by Crippen LogP contribution is 2.24. The number of hydrogen-bond donors (Lipinski definition) is 2. The maximum Gasteiger partial charge on any atom is 0.252 e. The van der Waals surface area contributed by atoms with Crippen molar-refractivity contribution in [1.29, 1.82) is 0 Å². The summed E-state index contributed by atoms with van der Waals surface area (Å²) in [6.07, 6.45) is 6.98. The predicted molar refractivity (Wildman–Crippen MR) is 126 cm³/mol. The Balaban J connectivity index is 1.47. The van der Waals surface area contributed by atoms with E-state index in [9.17, 15) is 9.59 Å². The highest BCUT2D eigenvalue weighted by atomic mass is 32.2. The third-order valence-corrected chi connectivity index (χ3v) is 6.75. The van der Waals surface area contributed by atoms with Crippen molar-refractivity contribution < 1.29 is 14.3 Å². The monoisotopic (exact) mass is 440 g/mol. The lowest BCUT2D eigenvalue weighted by Crippen LogP contribution is -2.31. The van der Waals surface area contributed by atoms with Crippen molar-refractivity contribution in [2.24, 2.45) is 5.92 Å². The van der Waals surface area contributed by atoms with E-state index >= 15 is 0 Å². The maximum absolute atomic E-state index is 12.7. The zero-order chi connectivity index (χ0) is 21.9. The van der Waals surface area contributed by atoms with Crippen LogP contribution >= 0.6 is 11.8 Å². The van der Waals surface area contributed by atoms with E-state index in [0.29, 0.717) is 30.2 Å². The molecule has 0 unspecified atom stereocenters. The molecule has 2 amide bonds. The van der Waals surface area contributed by atoms with Crippen molar-refractivity contribution in [3.8, 4) is 5.75 Å². The minimum absolute atomic E-state index is 0.0296. The van der Waals surface area contributed by atoms with E-state index in [1.807, 2.05) is 42.5 Å². The SMILES string of the molecule is COc1ccccc1CCNC(=O)c1ccccc1SCC(=O)NCC1CCCCC1. The molecule has 0 spiro atoms. The van der Waals surface area contributed by atoms with Crippen LogP contribution < -0.4 is 15.4 Å². The van der Waals surface area contributed by atoms with E-state index in [4.69, 9.17) is 4.74 Å². The van der Waals surface area contributed by atoms with E-state index in [2.05, 4.69) is 10.6 Å². The quantitative estimate of drug-likeness (QED) is 0.536. The van der Waals surface area contributed by atoms with E-state index < -0.39 is 0 Å². The Hall–Kier alpha value is -2.47. The summed E-state index contributed by atoms with van der Waals surface area (Å²) >= 11 is 1.41. The van der Waals surface area contributed by atoms with Crippen LogP contribution in [0.2, 0.25) is 0 Å². The molecule has 0 radical (unpaired) electrons. The first-order valence-electron chi connectivity index (χ1n) is 11.1. The lowest BCUT2D eigenvalue weighted by molar-refractivity contribution is -0.118. The highest BCUT2D eigenvalue weighted by molar-refractivity contribution is 8.00. The summed E-state index contributed by atoms with van der Waals surface area (Å²) < 4.78 is 5.37. The summed E-state index contributed by atoms with van der Waals surface area (Å²) in [7, 11) is 1.65. The molecule has 0 bridgehead atoms. The lowest BCUT2D eigenvalue weighted by Gasteiger charge is -2.21. The summed E-state index contributed by atoms with van der Waals surface area (Å²) in [4.78, 5) is 25.8. The summed E-state index contributed by atoms with van der Waals surface area (Å²) in [5.41, 5.74) is 1.66. The van der Waals surface area contributed by atoms with Crippen LogP contribution in [-0.4, -0.2) is 37.8 Å². The van der Waals surface area contributed by atoms with Gasteiger partial charge in [0.2, 0.25) is 5.91 Å². The molecule has 0 heterocycles. The molecule has 1 saturated carbocycles. The van der Waals surface area contributed by atoms with Gasteiger partial charge in [0.15, 0.2) is 0 Å². The molecule has 1 fully saturated rings. The van der Waals surface area contributed by atoms with Gasteiger partial charge in [-0.3, -0.25) is 9.59 Å². The van der Waals surface area contributed by atoms with Crippen LogP contribution in [0.15, 0.2) is 53.4 Å². The fraction of sp³-hybridized carbons (Fsp3) is 0.440. The molecule has 1 aliphatic carbocycles. The first-order valence-corrected chi connectivity index (χ1v) is 12.0. The minimum Gasteiger partial charge on any atom is -0.496 e. The molecule has 0 aromatic heterocycles. The Morgan fingerprint density at radius 2 is 1.74 bits per heavy atom. The van der Waals surface area contributed by atoms with Crippen LogP contribution in [0.5, 0.6) is 5.75 Å². The molecule has 31 heavy (non-hydrogen) atoms. The number of rotatable bonds is 10. The number of methoxy groups -OCH3 is 1. The normalized spacial score (nSPS) is 14.1. The number of ether oxygens (including phenoxy) is 1. The van der Waals surface area contributed by atoms with Gasteiger partial charge in [-0.25, -0.2) is 0 Å². The van der Waals surface area contributed by atoms with Crippen LogP contribution in [0.25, 0.3) is 0 Å². The summed E-state index contributed by atoms with van der Waals surface area (Å²) in [6.45, 7) is 1.28. The van der Waals surface area contributed by atoms with E-state index in [1.54, 1.807) is 13.2 Å². The molecule has 166 valence electrons. The summed E-state index contributed by atoms with van der Waals surface area (Å²) in [5.74, 6) is 1.66. The number of benzene rings is 2. The molecule has 2 aromatic carbocycles. The molecule has 3 rings (SSSR count). The van der Waals surface area contributed by atoms with Crippen LogP contribution in [0.3, 0.4) is 0 Å². The average Bonchev–Trinajstić information content (AvgIpc) is 2.82. The van der Waals surface area contributed by atoms with Gasteiger partial charge < -0.3 is 15.4 Å². The van der Waals surface area contributed by atoms with Crippen LogP contribution in [0.1, 0.15) is 48.0 Å². The van der Waals surface area contributed by atoms with Crippen molar-refractivity contribution in [2.75, 3.05) is 26.0 Å². The van der Waals surface area contributed by atoms with Crippen LogP contribution in [-0.2, 0) is 11.2 Å². The number of carbonyl (C=O) groups is 2. The van der Waals surface area contributed by atoms with Crippen LogP contribution in [0, 0.1) is 5.92 Å². The van der Waals surface area contributed by atoms with Gasteiger partial charge in [0.05, 0.1) is 18.4 Å². The Kier molecular flexibility index (Phi) is 9.28. The molecule has 1 aliphatic rings. The molecule has 5 nitrogen and oxygen atoms in total. The van der Waals surface area contributed by atoms with Gasteiger partial charge in [0.1, 0.15) is 5.75 Å². The molecule has 0 atom stereocenters. The fourth-order valence-corrected chi connectivity index (χ4v) is 4.82. The second-order valence-corrected chi connectivity index (χ2v) is 8.93. The van der Waals surface area contributed by atoms with Gasteiger partial charge >= 0.3 is 0 Å². The maximum atomic E-state index is 12.7. The predicted octanol–water partition coefficient (Wildman–Crippen LogP) is 4.46. The Bertz CT molecular complexity index is 865. The van der Waals surface area contributed by atoms with E-state index in [-0.39, 0.29) is 11.8 Å². The topological polar surface area (TPSA) is 67.4 Å². The number of para-hydroxylation sites is 1. The van der Waals surface area contributed by atoms with Gasteiger partial charge in [0.25, 0.3) is 5.91 Å². The lowest BCUT2D eigenvalue weighted by atomic mass is 9.89. The Morgan fingerprint density at radius 3 is 2.55 bits per heavy atom. The zero-order valence-electron chi connectivity index (χ0n) is 18.2. The van der Waals surface area contributed by atoms with Gasteiger partial charge in [0, 0.05) is 18.0 Å². The third kappa shape index (κ3) is 7.31. The van der Waals surface area contributed by atoms with E-state index in [0.717, 1.165) is 22.8 Å². The molecule has 0 saturated heterocycles. The molecule has 0 aliphatic heterocycles. The van der Waals surface area contributed by atoms with Crippen molar-refractivity contribution in [1.82, 2.24) is 10.6 Å². The third-order valence-electron chi connectivity index (χ3n) is 5.68. The minimum atomic E-state index is -0.124. The fourth-order valence-electron chi connectivity index (χ4n) is 3.94. The largest absolute Gasteiger partial charge is 0.496 e. The number of nitrogens with one attached hydrogen (secondary N) is 2. The van der Waals surface area contributed by atoms with Crippen molar-refractivity contribution in [2.45, 2.75) is 43.4 Å². The van der Waals surface area contributed by atoms with Crippen LogP contribution in [0.4, 0.5) is 0 Å². The zero-order valence-corrected chi connectivity index (χ0v) is 19.0. The van der Waals surface area contributed by atoms with Gasteiger partial charge in [-0.15, -0.1) is 11.8 Å². The van der Waals surface area contributed by atoms with Crippen molar-refractivity contribution in [3.05, 3.63) is 59.7 Å². The number of carbonyl (C=O) groups excluding carboxylic acids is 2. The summed E-state index contributed by atoms with van der Waals surface area (Å²) in [5, 5.41) is 6.05. The van der Waals surface area contributed by atoms with Crippen molar-refractivity contribution >= 4 is 23.6 Å². The molecule has 2 aromatic rings. The van der Waals surface area contributed by atoms with Gasteiger partial charge in [-0.05, 0) is 48.9 Å². The first-order chi connectivity index (χ1) is 15.2. The molecule has 2 N–H and O–H groups in total. The average molecular weight is 441 g/mol. The molecule has 6 heteroatoms. The second kappa shape index (κ2) is 12.4.